The minimum atomic E-state index is -3.52. The summed E-state index contributed by atoms with van der Waals surface area (Å²) in [5.74, 6) is 0.328. The summed E-state index contributed by atoms with van der Waals surface area (Å²) in [5.41, 5.74) is 1.96. The fourth-order valence-electron chi connectivity index (χ4n) is 4.13. The number of fused-ring (bicyclic) bond motifs is 1. The molecular weight excluding hydrogens is 364 g/mol. The molecule has 0 spiro atoms. The minimum absolute atomic E-state index is 0.217. The number of rotatable bonds is 4. The molecule has 0 unspecified atom stereocenters. The molecule has 1 atom stereocenters. The molecule has 2 heterocycles. The van der Waals surface area contributed by atoms with Crippen LogP contribution in [0.4, 0.5) is 5.82 Å². The Morgan fingerprint density at radius 3 is 2.56 bits per heavy atom. The van der Waals surface area contributed by atoms with Gasteiger partial charge in [0.25, 0.3) is 0 Å². The van der Waals surface area contributed by atoms with E-state index in [9.17, 15) is 13.2 Å². The van der Waals surface area contributed by atoms with E-state index in [1.807, 2.05) is 28.9 Å². The Morgan fingerprint density at radius 2 is 1.85 bits per heavy atom. The first-order chi connectivity index (χ1) is 12.9. The lowest BCUT2D eigenvalue weighted by Crippen LogP contribution is -2.50. The summed E-state index contributed by atoms with van der Waals surface area (Å²) >= 11 is 0. The molecule has 27 heavy (non-hydrogen) atoms. The highest BCUT2D eigenvalue weighted by Gasteiger charge is 2.37. The maximum Gasteiger partial charge on any atom is 0.244 e. The Balaban J connectivity index is 1.59. The topological polar surface area (TPSA) is 84.3 Å². The molecule has 1 aromatic heterocycles. The van der Waals surface area contributed by atoms with Crippen LogP contribution in [-0.4, -0.2) is 40.7 Å². The van der Waals surface area contributed by atoms with Crippen LogP contribution in [-0.2, 0) is 27.8 Å². The van der Waals surface area contributed by atoms with E-state index < -0.39 is 16.1 Å². The van der Waals surface area contributed by atoms with Crippen LogP contribution in [0.5, 0.6) is 0 Å². The Bertz CT molecular complexity index is 947. The van der Waals surface area contributed by atoms with E-state index in [0.717, 1.165) is 30.2 Å². The zero-order valence-electron chi connectivity index (χ0n) is 15.3. The summed E-state index contributed by atoms with van der Waals surface area (Å²) in [6.45, 7) is 0.217. The van der Waals surface area contributed by atoms with Crippen LogP contribution < -0.4 is 5.32 Å². The van der Waals surface area contributed by atoms with Crippen LogP contribution in [0.15, 0.2) is 36.5 Å². The average Bonchev–Trinajstić information content (AvgIpc) is 3.31. The van der Waals surface area contributed by atoms with Crippen LogP contribution in [0.2, 0.25) is 0 Å². The van der Waals surface area contributed by atoms with E-state index in [4.69, 9.17) is 0 Å². The van der Waals surface area contributed by atoms with Gasteiger partial charge in [0, 0.05) is 12.6 Å². The maximum absolute atomic E-state index is 13.0. The maximum atomic E-state index is 13.0. The Hall–Kier alpha value is -2.19. The van der Waals surface area contributed by atoms with Crippen molar-refractivity contribution < 1.29 is 13.2 Å². The van der Waals surface area contributed by atoms with Gasteiger partial charge >= 0.3 is 0 Å². The van der Waals surface area contributed by atoms with Crippen molar-refractivity contribution in [1.29, 1.82) is 0 Å². The van der Waals surface area contributed by atoms with Gasteiger partial charge in [0.1, 0.15) is 11.9 Å². The second-order valence-electron chi connectivity index (χ2n) is 7.39. The lowest BCUT2D eigenvalue weighted by molar-refractivity contribution is -0.120. The molecule has 1 aliphatic carbocycles. The first-order valence-electron chi connectivity index (χ1n) is 9.31. The molecule has 1 fully saturated rings. The number of hydrogen-bond acceptors (Lipinski definition) is 4. The predicted octanol–water partition coefficient (Wildman–Crippen LogP) is 2.32. The van der Waals surface area contributed by atoms with Crippen LogP contribution in [0.1, 0.15) is 42.9 Å². The Kier molecular flexibility index (Phi) is 4.77. The number of sulfonamides is 1. The van der Waals surface area contributed by atoms with Gasteiger partial charge in [0.2, 0.25) is 15.9 Å². The van der Waals surface area contributed by atoms with E-state index in [0.29, 0.717) is 18.3 Å². The van der Waals surface area contributed by atoms with Gasteiger partial charge in [-0.05, 0) is 30.4 Å². The van der Waals surface area contributed by atoms with Gasteiger partial charge in [-0.3, -0.25) is 4.79 Å². The highest BCUT2D eigenvalue weighted by molar-refractivity contribution is 7.88. The Labute approximate surface area is 159 Å². The van der Waals surface area contributed by atoms with Gasteiger partial charge < -0.3 is 5.32 Å². The zero-order valence-corrected chi connectivity index (χ0v) is 16.2. The van der Waals surface area contributed by atoms with Crippen molar-refractivity contribution in [2.45, 2.75) is 50.7 Å². The van der Waals surface area contributed by atoms with Gasteiger partial charge in [0.05, 0.1) is 18.5 Å². The SMILES string of the molecule is CS(=O)(=O)N1Cc2ccccc2C[C@@H]1C(=O)Nc1ccnn1C1CCCC1. The summed E-state index contributed by atoms with van der Waals surface area (Å²) in [4.78, 5) is 13.0. The van der Waals surface area contributed by atoms with Crippen molar-refractivity contribution in [2.75, 3.05) is 11.6 Å². The third-order valence-electron chi connectivity index (χ3n) is 5.53. The first-order valence-corrected chi connectivity index (χ1v) is 11.2. The second-order valence-corrected chi connectivity index (χ2v) is 9.32. The van der Waals surface area contributed by atoms with E-state index in [-0.39, 0.29) is 12.5 Å². The normalized spacial score (nSPS) is 21.1. The number of carbonyl (C=O) groups is 1. The molecule has 1 aliphatic heterocycles. The summed E-state index contributed by atoms with van der Waals surface area (Å²) in [7, 11) is -3.52. The molecule has 4 rings (SSSR count). The number of carbonyl (C=O) groups excluding carboxylic acids is 1. The standard InChI is InChI=1S/C19H24N4O3S/c1-27(25,26)22-13-15-7-3-2-6-14(15)12-17(22)19(24)21-18-10-11-20-23(18)16-8-4-5-9-16/h2-3,6-7,10-11,16-17H,4-5,8-9,12-13H2,1H3,(H,21,24)/t17-/m1/s1. The molecule has 0 saturated heterocycles. The molecule has 1 amide bonds. The summed E-state index contributed by atoms with van der Waals surface area (Å²) in [6, 6.07) is 8.99. The molecule has 1 N–H and O–H groups in total. The highest BCUT2D eigenvalue weighted by Crippen LogP contribution is 2.32. The number of hydrogen-bond donors (Lipinski definition) is 1. The lowest BCUT2D eigenvalue weighted by Gasteiger charge is -2.34. The number of nitrogens with zero attached hydrogens (tertiary/aromatic N) is 3. The number of amides is 1. The summed E-state index contributed by atoms with van der Waals surface area (Å²) in [6.07, 6.45) is 7.64. The van der Waals surface area contributed by atoms with Gasteiger partial charge in [-0.1, -0.05) is 37.1 Å². The number of aromatic nitrogens is 2. The fourth-order valence-corrected chi connectivity index (χ4v) is 5.14. The molecule has 0 radical (unpaired) electrons. The van der Waals surface area contributed by atoms with E-state index in [1.54, 1.807) is 12.3 Å². The Morgan fingerprint density at radius 1 is 1.15 bits per heavy atom. The second kappa shape index (κ2) is 7.09. The zero-order chi connectivity index (χ0) is 19.0. The van der Waals surface area contributed by atoms with E-state index in [1.165, 1.54) is 17.1 Å². The quantitative estimate of drug-likeness (QED) is 0.871. The predicted molar refractivity (Wildman–Crippen MR) is 103 cm³/mol. The van der Waals surface area contributed by atoms with Crippen molar-refractivity contribution in [1.82, 2.24) is 14.1 Å². The minimum Gasteiger partial charge on any atom is -0.309 e. The third kappa shape index (κ3) is 3.64. The van der Waals surface area contributed by atoms with E-state index in [2.05, 4.69) is 10.4 Å². The van der Waals surface area contributed by atoms with Crippen molar-refractivity contribution >= 4 is 21.7 Å². The van der Waals surface area contributed by atoms with Crippen molar-refractivity contribution in [3.63, 3.8) is 0 Å². The molecule has 0 bridgehead atoms. The molecule has 144 valence electrons. The summed E-state index contributed by atoms with van der Waals surface area (Å²) in [5, 5.41) is 7.30. The smallest absolute Gasteiger partial charge is 0.244 e. The number of anilines is 1. The van der Waals surface area contributed by atoms with Crippen molar-refractivity contribution in [3.8, 4) is 0 Å². The molecule has 1 aromatic carbocycles. The fraction of sp³-hybridized carbons (Fsp3) is 0.474. The van der Waals surface area contributed by atoms with Gasteiger partial charge in [-0.2, -0.15) is 9.40 Å². The van der Waals surface area contributed by atoms with Crippen LogP contribution in [0.25, 0.3) is 0 Å². The monoisotopic (exact) mass is 388 g/mol. The van der Waals surface area contributed by atoms with Crippen LogP contribution >= 0.6 is 0 Å². The third-order valence-corrected chi connectivity index (χ3v) is 6.76. The number of benzene rings is 1. The van der Waals surface area contributed by atoms with Crippen LogP contribution in [0.3, 0.4) is 0 Å². The summed E-state index contributed by atoms with van der Waals surface area (Å²) < 4.78 is 27.8. The molecule has 7 nitrogen and oxygen atoms in total. The largest absolute Gasteiger partial charge is 0.309 e. The van der Waals surface area contributed by atoms with Crippen molar-refractivity contribution in [3.05, 3.63) is 47.7 Å². The van der Waals surface area contributed by atoms with Crippen LogP contribution in [0, 0.1) is 0 Å². The molecule has 2 aliphatic rings. The molecule has 1 saturated carbocycles. The lowest BCUT2D eigenvalue weighted by atomic mass is 9.95. The average molecular weight is 388 g/mol. The van der Waals surface area contributed by atoms with Gasteiger partial charge in [-0.25, -0.2) is 13.1 Å². The number of nitrogens with one attached hydrogen (secondary N) is 1. The molecule has 8 heteroatoms. The van der Waals surface area contributed by atoms with Crippen molar-refractivity contribution in [2.24, 2.45) is 0 Å². The molecule has 2 aromatic rings. The van der Waals surface area contributed by atoms with E-state index >= 15 is 0 Å². The van der Waals surface area contributed by atoms with Gasteiger partial charge in [0.15, 0.2) is 0 Å². The van der Waals surface area contributed by atoms with Gasteiger partial charge in [-0.15, -0.1) is 0 Å². The molecular formula is C19H24N4O3S. The first kappa shape index (κ1) is 18.2. The highest BCUT2D eigenvalue weighted by atomic mass is 32.2.